The van der Waals surface area contributed by atoms with E-state index in [1.54, 1.807) is 24.3 Å². The smallest absolute Gasteiger partial charge is 0.250 e. The van der Waals surface area contributed by atoms with Gasteiger partial charge in [0, 0.05) is 24.8 Å². The Hall–Kier alpha value is -2.94. The second-order valence-electron chi connectivity index (χ2n) is 6.58. The molecule has 1 aliphatic heterocycles. The van der Waals surface area contributed by atoms with Gasteiger partial charge in [-0.25, -0.2) is 0 Å². The SMILES string of the molecule is NCC(O)C(=O)N[C@H]1CN[C@H](C(=O)Nc2ccc(Oc3ccccc3)cc2)C1. The predicted octanol–water partition coefficient (Wildman–Crippen LogP) is 0.584. The molecule has 8 nitrogen and oxygen atoms in total. The van der Waals surface area contributed by atoms with Crippen molar-refractivity contribution in [3.63, 3.8) is 0 Å². The summed E-state index contributed by atoms with van der Waals surface area (Å²) in [5.41, 5.74) is 5.91. The number of nitrogens with two attached hydrogens (primary N) is 1. The molecule has 1 unspecified atom stereocenters. The standard InChI is InChI=1S/C20H24N4O4/c21-11-18(25)20(27)24-14-10-17(22-12-14)19(26)23-13-6-8-16(9-7-13)28-15-4-2-1-3-5-15/h1-9,14,17-18,22,25H,10-12,21H2,(H,23,26)(H,24,27)/t14-,17+,18?/m1/s1. The minimum atomic E-state index is -1.23. The zero-order valence-corrected chi connectivity index (χ0v) is 15.3. The van der Waals surface area contributed by atoms with Gasteiger partial charge in [-0.15, -0.1) is 0 Å². The van der Waals surface area contributed by atoms with Crippen LogP contribution in [0.15, 0.2) is 54.6 Å². The van der Waals surface area contributed by atoms with Crippen molar-refractivity contribution >= 4 is 17.5 Å². The zero-order chi connectivity index (χ0) is 19.9. The normalized spacial score (nSPS) is 19.6. The van der Waals surface area contributed by atoms with E-state index in [0.29, 0.717) is 24.4 Å². The summed E-state index contributed by atoms with van der Waals surface area (Å²) in [5.74, 6) is 0.698. The topological polar surface area (TPSA) is 126 Å². The number of ether oxygens (including phenoxy) is 1. The molecular weight excluding hydrogens is 360 g/mol. The van der Waals surface area contributed by atoms with Gasteiger partial charge in [0.2, 0.25) is 11.8 Å². The Morgan fingerprint density at radius 3 is 2.50 bits per heavy atom. The molecule has 0 aromatic heterocycles. The molecule has 1 fully saturated rings. The van der Waals surface area contributed by atoms with E-state index in [4.69, 9.17) is 10.5 Å². The highest BCUT2D eigenvalue weighted by molar-refractivity contribution is 5.95. The van der Waals surface area contributed by atoms with Crippen LogP contribution in [0, 0.1) is 0 Å². The van der Waals surface area contributed by atoms with E-state index >= 15 is 0 Å². The first-order chi connectivity index (χ1) is 13.5. The van der Waals surface area contributed by atoms with Crippen LogP contribution in [0.2, 0.25) is 0 Å². The highest BCUT2D eigenvalue weighted by atomic mass is 16.5. The van der Waals surface area contributed by atoms with Crippen LogP contribution in [0.5, 0.6) is 11.5 Å². The molecule has 3 atom stereocenters. The van der Waals surface area contributed by atoms with Gasteiger partial charge in [-0.2, -0.15) is 0 Å². The molecule has 148 valence electrons. The van der Waals surface area contributed by atoms with Gasteiger partial charge in [-0.1, -0.05) is 18.2 Å². The van der Waals surface area contributed by atoms with Gasteiger partial charge < -0.3 is 31.5 Å². The van der Waals surface area contributed by atoms with Crippen LogP contribution in [-0.2, 0) is 9.59 Å². The van der Waals surface area contributed by atoms with Crippen LogP contribution in [0.1, 0.15) is 6.42 Å². The van der Waals surface area contributed by atoms with Crippen molar-refractivity contribution in [2.75, 3.05) is 18.4 Å². The lowest BCUT2D eigenvalue weighted by atomic mass is 10.1. The lowest BCUT2D eigenvalue weighted by molar-refractivity contribution is -0.129. The van der Waals surface area contributed by atoms with Crippen LogP contribution in [0.25, 0.3) is 0 Å². The number of amides is 2. The van der Waals surface area contributed by atoms with Crippen LogP contribution in [-0.4, -0.2) is 48.2 Å². The highest BCUT2D eigenvalue weighted by Gasteiger charge is 2.31. The Morgan fingerprint density at radius 1 is 1.14 bits per heavy atom. The van der Waals surface area contributed by atoms with E-state index in [-0.39, 0.29) is 18.5 Å². The molecule has 0 radical (unpaired) electrons. The molecule has 8 heteroatoms. The van der Waals surface area contributed by atoms with Crippen molar-refractivity contribution in [2.45, 2.75) is 24.6 Å². The second kappa shape index (κ2) is 9.32. The number of rotatable bonds is 7. The first-order valence-corrected chi connectivity index (χ1v) is 9.11. The second-order valence-corrected chi connectivity index (χ2v) is 6.58. The summed E-state index contributed by atoms with van der Waals surface area (Å²) in [6, 6.07) is 15.9. The number of benzene rings is 2. The Kier molecular flexibility index (Phi) is 6.59. The minimum absolute atomic E-state index is 0.139. The van der Waals surface area contributed by atoms with Crippen LogP contribution < -0.4 is 26.4 Å². The molecule has 0 spiro atoms. The minimum Gasteiger partial charge on any atom is -0.457 e. The van der Waals surface area contributed by atoms with E-state index in [1.165, 1.54) is 0 Å². The summed E-state index contributed by atoms with van der Waals surface area (Å²) >= 11 is 0. The van der Waals surface area contributed by atoms with E-state index in [2.05, 4.69) is 16.0 Å². The lowest BCUT2D eigenvalue weighted by Crippen LogP contribution is -2.45. The van der Waals surface area contributed by atoms with Crippen LogP contribution in [0.4, 0.5) is 5.69 Å². The van der Waals surface area contributed by atoms with Crippen molar-refractivity contribution < 1.29 is 19.4 Å². The third-order valence-corrected chi connectivity index (χ3v) is 4.42. The number of carbonyl (C=O) groups is 2. The van der Waals surface area contributed by atoms with Gasteiger partial charge in [-0.05, 0) is 42.8 Å². The molecule has 0 saturated carbocycles. The largest absolute Gasteiger partial charge is 0.457 e. The summed E-state index contributed by atoms with van der Waals surface area (Å²) in [5, 5.41) is 18.0. The van der Waals surface area contributed by atoms with E-state index in [1.807, 2.05) is 30.3 Å². The van der Waals surface area contributed by atoms with Crippen molar-refractivity contribution in [1.29, 1.82) is 0 Å². The van der Waals surface area contributed by atoms with Gasteiger partial charge in [0.25, 0.3) is 0 Å². The molecular formula is C20H24N4O4. The van der Waals surface area contributed by atoms with Crippen molar-refractivity contribution in [2.24, 2.45) is 5.73 Å². The Balaban J connectivity index is 1.49. The molecule has 28 heavy (non-hydrogen) atoms. The van der Waals surface area contributed by atoms with Crippen molar-refractivity contribution in [1.82, 2.24) is 10.6 Å². The Morgan fingerprint density at radius 2 is 1.82 bits per heavy atom. The Labute approximate surface area is 163 Å². The summed E-state index contributed by atoms with van der Waals surface area (Å²) in [7, 11) is 0. The number of para-hydroxylation sites is 1. The van der Waals surface area contributed by atoms with Crippen LogP contribution >= 0.6 is 0 Å². The molecule has 2 aromatic rings. The summed E-state index contributed by atoms with van der Waals surface area (Å²) in [4.78, 5) is 24.1. The van der Waals surface area contributed by atoms with E-state index in [9.17, 15) is 14.7 Å². The molecule has 2 amide bonds. The zero-order valence-electron chi connectivity index (χ0n) is 15.3. The molecule has 6 N–H and O–H groups in total. The van der Waals surface area contributed by atoms with Gasteiger partial charge in [0.05, 0.1) is 6.04 Å². The first-order valence-electron chi connectivity index (χ1n) is 9.11. The number of aliphatic hydroxyl groups excluding tert-OH is 1. The summed E-state index contributed by atoms with van der Waals surface area (Å²) in [6.45, 7) is 0.310. The average molecular weight is 384 g/mol. The molecule has 1 heterocycles. The molecule has 2 aromatic carbocycles. The number of aliphatic hydroxyl groups is 1. The fraction of sp³-hybridized carbons (Fsp3) is 0.300. The number of hydrogen-bond acceptors (Lipinski definition) is 6. The average Bonchev–Trinajstić information content (AvgIpc) is 3.18. The monoisotopic (exact) mass is 384 g/mol. The maximum atomic E-state index is 12.4. The maximum Gasteiger partial charge on any atom is 0.250 e. The number of hydrogen-bond donors (Lipinski definition) is 5. The van der Waals surface area contributed by atoms with Gasteiger partial charge in [0.15, 0.2) is 0 Å². The predicted molar refractivity (Wildman–Crippen MR) is 105 cm³/mol. The lowest BCUT2D eigenvalue weighted by Gasteiger charge is -2.15. The Bertz CT molecular complexity index is 798. The van der Waals surface area contributed by atoms with Gasteiger partial charge in [0.1, 0.15) is 17.6 Å². The molecule has 0 aliphatic carbocycles. The van der Waals surface area contributed by atoms with Crippen LogP contribution in [0.3, 0.4) is 0 Å². The fourth-order valence-corrected chi connectivity index (χ4v) is 2.91. The van der Waals surface area contributed by atoms with Crippen molar-refractivity contribution in [3.05, 3.63) is 54.6 Å². The number of carbonyl (C=O) groups excluding carboxylic acids is 2. The summed E-state index contributed by atoms with van der Waals surface area (Å²) in [6.07, 6.45) is -0.797. The fourth-order valence-electron chi connectivity index (χ4n) is 2.91. The number of anilines is 1. The molecule has 1 saturated heterocycles. The third kappa shape index (κ3) is 5.29. The highest BCUT2D eigenvalue weighted by Crippen LogP contribution is 2.23. The quantitative estimate of drug-likeness (QED) is 0.476. The third-order valence-electron chi connectivity index (χ3n) is 4.42. The molecule has 0 bridgehead atoms. The first kappa shape index (κ1) is 19.8. The van der Waals surface area contributed by atoms with E-state index in [0.717, 1.165) is 5.75 Å². The summed E-state index contributed by atoms with van der Waals surface area (Å²) < 4.78 is 5.72. The van der Waals surface area contributed by atoms with E-state index < -0.39 is 18.1 Å². The molecule has 1 aliphatic rings. The number of nitrogens with one attached hydrogen (secondary N) is 3. The van der Waals surface area contributed by atoms with Gasteiger partial charge in [-0.3, -0.25) is 9.59 Å². The van der Waals surface area contributed by atoms with Crippen molar-refractivity contribution in [3.8, 4) is 11.5 Å². The maximum absolute atomic E-state index is 12.4. The van der Waals surface area contributed by atoms with Gasteiger partial charge >= 0.3 is 0 Å². The molecule has 3 rings (SSSR count).